The van der Waals surface area contributed by atoms with Crippen molar-refractivity contribution in [3.8, 4) is 67.3 Å². The van der Waals surface area contributed by atoms with Crippen LogP contribution in [0.2, 0.25) is 0 Å². The molecular weight excluding hydrogens is 809 g/mol. The molecule has 0 bridgehead atoms. The third kappa shape index (κ3) is 6.11. The second-order valence-electron chi connectivity index (χ2n) is 17.5. The van der Waals surface area contributed by atoms with Gasteiger partial charge < -0.3 is 0 Å². The van der Waals surface area contributed by atoms with E-state index < -0.39 is 5.41 Å². The topological polar surface area (TPSA) is 25.8 Å². The number of fused-ring (bicyclic) bond motifs is 7. The normalized spacial score (nSPS) is 12.6. The van der Waals surface area contributed by atoms with Crippen molar-refractivity contribution in [1.82, 2.24) is 9.97 Å². The van der Waals surface area contributed by atoms with Crippen molar-refractivity contribution in [3.63, 3.8) is 0 Å². The average molecular weight is 851 g/mol. The van der Waals surface area contributed by atoms with E-state index in [4.69, 9.17) is 9.97 Å². The van der Waals surface area contributed by atoms with E-state index in [2.05, 4.69) is 243 Å². The zero-order chi connectivity index (χ0) is 44.3. The summed E-state index contributed by atoms with van der Waals surface area (Å²) in [5.74, 6) is 0.705. The third-order valence-corrected chi connectivity index (χ3v) is 14.0. The van der Waals surface area contributed by atoms with Gasteiger partial charge in [-0.05, 0) is 100 Å². The lowest BCUT2D eigenvalue weighted by atomic mass is 9.66. The van der Waals surface area contributed by atoms with E-state index in [9.17, 15) is 0 Å². The summed E-state index contributed by atoms with van der Waals surface area (Å²) in [4.78, 5) is 10.5. The van der Waals surface area contributed by atoms with Gasteiger partial charge in [0.25, 0.3) is 0 Å². The molecule has 0 amide bonds. The monoisotopic (exact) mass is 850 g/mol. The van der Waals surface area contributed by atoms with Gasteiger partial charge in [0.1, 0.15) is 0 Å². The first-order valence-corrected chi connectivity index (χ1v) is 23.1. The fourth-order valence-corrected chi connectivity index (χ4v) is 11.1. The molecule has 1 heterocycles. The van der Waals surface area contributed by atoms with Gasteiger partial charge in [0.15, 0.2) is 5.82 Å². The summed E-state index contributed by atoms with van der Waals surface area (Å²) in [5.41, 5.74) is 16.9. The van der Waals surface area contributed by atoms with Crippen molar-refractivity contribution < 1.29 is 0 Å². The van der Waals surface area contributed by atoms with Crippen LogP contribution in [-0.2, 0) is 5.41 Å². The van der Waals surface area contributed by atoms with Gasteiger partial charge >= 0.3 is 0 Å². The molecule has 13 rings (SSSR count). The maximum atomic E-state index is 5.25. The molecular formula is C65H42N2. The fraction of sp³-hybridized carbons (Fsp3) is 0.0154. The quantitative estimate of drug-likeness (QED) is 0.160. The fourth-order valence-electron chi connectivity index (χ4n) is 11.1. The minimum atomic E-state index is -0.535. The first kappa shape index (κ1) is 38.7. The number of hydrogen-bond donors (Lipinski definition) is 0. The molecule has 0 saturated heterocycles. The molecule has 2 heteroatoms. The standard InChI is InChI=1S/C65H42N2/c1-5-21-44(22-6-1)60-42-61(45-23-7-2-8-24-45)67-64(66-60)57-41-40-54(51-32-17-18-33-52(51)57)53-38-39-55(50-31-16-15-30-49(50)53)56-34-19-35-59-62(56)58-37-36-43-20-13-14-29-48(43)63(58)65(59,46-25-9-3-10-26-46)47-27-11-4-12-28-47/h1-42H. The number of benzene rings is 11. The smallest absolute Gasteiger partial charge is 0.161 e. The maximum Gasteiger partial charge on any atom is 0.161 e. The van der Waals surface area contributed by atoms with E-state index in [1.807, 2.05) is 12.1 Å². The van der Waals surface area contributed by atoms with Crippen LogP contribution in [0.3, 0.4) is 0 Å². The molecule has 11 aromatic carbocycles. The molecule has 312 valence electrons. The second-order valence-corrected chi connectivity index (χ2v) is 17.5. The van der Waals surface area contributed by atoms with Gasteiger partial charge in [-0.1, -0.05) is 243 Å². The highest BCUT2D eigenvalue weighted by Crippen LogP contribution is 2.60. The Morgan fingerprint density at radius 1 is 0.284 bits per heavy atom. The predicted molar refractivity (Wildman–Crippen MR) is 279 cm³/mol. The summed E-state index contributed by atoms with van der Waals surface area (Å²) in [7, 11) is 0. The Hall–Kier alpha value is -8.72. The van der Waals surface area contributed by atoms with Crippen LogP contribution in [0.5, 0.6) is 0 Å². The zero-order valence-electron chi connectivity index (χ0n) is 36.6. The van der Waals surface area contributed by atoms with Gasteiger partial charge in [-0.2, -0.15) is 0 Å². The van der Waals surface area contributed by atoms with E-state index in [0.717, 1.165) is 38.9 Å². The van der Waals surface area contributed by atoms with Gasteiger partial charge in [0, 0.05) is 16.7 Å². The first-order chi connectivity index (χ1) is 33.3. The minimum absolute atomic E-state index is 0.535. The van der Waals surface area contributed by atoms with Gasteiger partial charge in [0.2, 0.25) is 0 Å². The maximum absolute atomic E-state index is 5.25. The summed E-state index contributed by atoms with van der Waals surface area (Å²) in [5, 5.41) is 7.21. The highest BCUT2D eigenvalue weighted by atomic mass is 14.9. The Morgan fingerprint density at radius 3 is 1.24 bits per heavy atom. The van der Waals surface area contributed by atoms with Crippen LogP contribution in [0.25, 0.3) is 99.6 Å². The van der Waals surface area contributed by atoms with Crippen LogP contribution in [0.1, 0.15) is 22.3 Å². The second kappa shape index (κ2) is 15.8. The summed E-state index contributed by atoms with van der Waals surface area (Å²) >= 11 is 0. The molecule has 1 aromatic heterocycles. The number of hydrogen-bond acceptors (Lipinski definition) is 2. The molecule has 67 heavy (non-hydrogen) atoms. The van der Waals surface area contributed by atoms with Crippen molar-refractivity contribution >= 4 is 32.3 Å². The number of nitrogens with zero attached hydrogens (tertiary/aromatic N) is 2. The molecule has 12 aromatic rings. The summed E-state index contributed by atoms with van der Waals surface area (Å²) < 4.78 is 0. The van der Waals surface area contributed by atoms with Crippen molar-refractivity contribution in [2.24, 2.45) is 0 Å². The average Bonchev–Trinajstić information content (AvgIpc) is 3.73. The number of rotatable bonds is 7. The Morgan fingerprint density at radius 2 is 0.701 bits per heavy atom. The lowest BCUT2D eigenvalue weighted by Gasteiger charge is -2.34. The Labute approximate surface area is 390 Å². The van der Waals surface area contributed by atoms with Gasteiger partial charge in [-0.15, -0.1) is 0 Å². The van der Waals surface area contributed by atoms with Crippen LogP contribution in [0, 0.1) is 0 Å². The summed E-state index contributed by atoms with van der Waals surface area (Å²) in [6.45, 7) is 0. The largest absolute Gasteiger partial charge is 0.228 e. The molecule has 2 nitrogen and oxygen atoms in total. The van der Waals surface area contributed by atoms with E-state index in [1.165, 1.54) is 77.2 Å². The van der Waals surface area contributed by atoms with Crippen LogP contribution >= 0.6 is 0 Å². The predicted octanol–water partition coefficient (Wildman–Crippen LogP) is 16.6. The lowest BCUT2D eigenvalue weighted by Crippen LogP contribution is -2.28. The Bertz CT molecular complexity index is 3740. The SMILES string of the molecule is c1ccc(-c2cc(-c3ccccc3)nc(-c3ccc(-c4ccc(-c5cccc6c5-c5ccc7ccccc7c5C6(c5ccccc5)c5ccccc5)c5ccccc45)c4ccccc34)n2)cc1. The Kier molecular flexibility index (Phi) is 9.11. The number of aromatic nitrogens is 2. The summed E-state index contributed by atoms with van der Waals surface area (Å²) in [6.07, 6.45) is 0. The zero-order valence-corrected chi connectivity index (χ0v) is 36.6. The van der Waals surface area contributed by atoms with E-state index in [-0.39, 0.29) is 0 Å². The molecule has 0 N–H and O–H groups in total. The third-order valence-electron chi connectivity index (χ3n) is 14.0. The van der Waals surface area contributed by atoms with Crippen LogP contribution < -0.4 is 0 Å². The molecule has 0 spiro atoms. The van der Waals surface area contributed by atoms with E-state index in [1.54, 1.807) is 0 Å². The molecule has 1 aliphatic carbocycles. The van der Waals surface area contributed by atoms with Crippen molar-refractivity contribution in [1.29, 1.82) is 0 Å². The minimum Gasteiger partial charge on any atom is -0.228 e. The molecule has 0 unspecified atom stereocenters. The van der Waals surface area contributed by atoms with Gasteiger partial charge in [-0.3, -0.25) is 0 Å². The molecule has 0 saturated carbocycles. The van der Waals surface area contributed by atoms with Crippen molar-refractivity contribution in [2.75, 3.05) is 0 Å². The van der Waals surface area contributed by atoms with Crippen LogP contribution in [-0.4, -0.2) is 9.97 Å². The Balaban J connectivity index is 1.02. The van der Waals surface area contributed by atoms with Crippen LogP contribution in [0.4, 0.5) is 0 Å². The van der Waals surface area contributed by atoms with E-state index >= 15 is 0 Å². The lowest BCUT2D eigenvalue weighted by molar-refractivity contribution is 0.775. The summed E-state index contributed by atoms with van der Waals surface area (Å²) in [6, 6.07) is 92.6. The van der Waals surface area contributed by atoms with Gasteiger partial charge in [-0.25, -0.2) is 9.97 Å². The van der Waals surface area contributed by atoms with Crippen LogP contribution in [0.15, 0.2) is 255 Å². The molecule has 0 aliphatic heterocycles. The molecule has 0 atom stereocenters. The highest BCUT2D eigenvalue weighted by molar-refractivity contribution is 6.14. The van der Waals surface area contributed by atoms with Crippen molar-refractivity contribution in [3.05, 3.63) is 277 Å². The molecule has 0 radical (unpaired) electrons. The van der Waals surface area contributed by atoms with Crippen molar-refractivity contribution in [2.45, 2.75) is 5.41 Å². The first-order valence-electron chi connectivity index (χ1n) is 23.1. The van der Waals surface area contributed by atoms with Gasteiger partial charge in [0.05, 0.1) is 16.8 Å². The highest BCUT2D eigenvalue weighted by Gasteiger charge is 2.48. The molecule has 1 aliphatic rings. The molecule has 0 fully saturated rings. The van der Waals surface area contributed by atoms with E-state index in [0.29, 0.717) is 5.82 Å².